The molecule has 4 N–H and O–H groups in total. The number of aliphatic hydroxyl groups excluding tert-OH is 1. The van der Waals surface area contributed by atoms with E-state index in [4.69, 9.17) is 5.73 Å². The average molecular weight is 216 g/mol. The Labute approximate surface area is 92.2 Å². The summed E-state index contributed by atoms with van der Waals surface area (Å²) in [5.41, 5.74) is 4.86. The summed E-state index contributed by atoms with van der Waals surface area (Å²) in [7, 11) is 0. The highest BCUT2D eigenvalue weighted by molar-refractivity contribution is 5.76. The number of carbonyl (C=O) groups is 1. The number of nitrogens with one attached hydrogen (secondary N) is 1. The number of amides is 1. The van der Waals surface area contributed by atoms with Crippen LogP contribution in [-0.2, 0) is 4.79 Å². The molecule has 0 rings (SSSR count). The number of rotatable bonds is 5. The first-order chi connectivity index (χ1) is 6.54. The first-order valence-electron chi connectivity index (χ1n) is 5.32. The minimum Gasteiger partial charge on any atom is -0.391 e. The van der Waals surface area contributed by atoms with Crippen molar-refractivity contribution in [3.63, 3.8) is 0 Å². The maximum Gasteiger partial charge on any atom is 0.220 e. The number of hydrogen-bond acceptors (Lipinski definition) is 3. The standard InChI is InChI=1S/C11H24N2O2/c1-8(14)11(4,5)13-9(15)6-7-10(2,3)12/h8,14H,6-7,12H2,1-5H3,(H,13,15). The second kappa shape index (κ2) is 4.94. The van der Waals surface area contributed by atoms with Gasteiger partial charge in [-0.3, -0.25) is 4.79 Å². The normalized spacial score (nSPS) is 14.9. The van der Waals surface area contributed by atoms with Crippen LogP contribution < -0.4 is 11.1 Å². The van der Waals surface area contributed by atoms with Crippen LogP contribution in [0.25, 0.3) is 0 Å². The van der Waals surface area contributed by atoms with Gasteiger partial charge in [-0.2, -0.15) is 0 Å². The van der Waals surface area contributed by atoms with E-state index < -0.39 is 11.6 Å². The van der Waals surface area contributed by atoms with Crippen molar-refractivity contribution in [1.82, 2.24) is 5.32 Å². The van der Waals surface area contributed by atoms with Crippen molar-refractivity contribution in [2.24, 2.45) is 5.73 Å². The van der Waals surface area contributed by atoms with E-state index in [2.05, 4.69) is 5.32 Å². The van der Waals surface area contributed by atoms with Crippen LogP contribution in [0.1, 0.15) is 47.5 Å². The van der Waals surface area contributed by atoms with E-state index in [1.54, 1.807) is 20.8 Å². The second-order valence-corrected chi connectivity index (χ2v) is 5.43. The summed E-state index contributed by atoms with van der Waals surface area (Å²) in [6.07, 6.45) is 0.446. The summed E-state index contributed by atoms with van der Waals surface area (Å²) in [6.45, 7) is 9.03. The van der Waals surface area contributed by atoms with Crippen LogP contribution in [0.5, 0.6) is 0 Å². The quantitative estimate of drug-likeness (QED) is 0.635. The van der Waals surface area contributed by atoms with E-state index in [1.165, 1.54) is 0 Å². The third-order valence-corrected chi connectivity index (χ3v) is 2.50. The van der Waals surface area contributed by atoms with Gasteiger partial charge in [0.05, 0.1) is 11.6 Å². The van der Waals surface area contributed by atoms with Crippen LogP contribution in [-0.4, -0.2) is 28.2 Å². The maximum absolute atomic E-state index is 11.5. The molecule has 0 saturated carbocycles. The smallest absolute Gasteiger partial charge is 0.220 e. The van der Waals surface area contributed by atoms with Gasteiger partial charge >= 0.3 is 0 Å². The van der Waals surface area contributed by atoms with Gasteiger partial charge in [-0.05, 0) is 41.0 Å². The molecule has 1 amide bonds. The van der Waals surface area contributed by atoms with Crippen LogP contribution in [0.2, 0.25) is 0 Å². The zero-order valence-electron chi connectivity index (χ0n) is 10.4. The number of aliphatic hydroxyl groups is 1. The van der Waals surface area contributed by atoms with Crippen LogP contribution in [0.3, 0.4) is 0 Å². The third kappa shape index (κ3) is 6.47. The van der Waals surface area contributed by atoms with Gasteiger partial charge in [-0.1, -0.05) is 0 Å². The highest BCUT2D eigenvalue weighted by Crippen LogP contribution is 2.11. The van der Waals surface area contributed by atoms with Crippen molar-refractivity contribution in [2.75, 3.05) is 0 Å². The van der Waals surface area contributed by atoms with Gasteiger partial charge in [0.15, 0.2) is 0 Å². The van der Waals surface area contributed by atoms with Crippen molar-refractivity contribution >= 4 is 5.91 Å². The lowest BCUT2D eigenvalue weighted by molar-refractivity contribution is -0.124. The molecule has 0 aromatic rings. The lowest BCUT2D eigenvalue weighted by Crippen LogP contribution is -2.51. The molecule has 0 aromatic heterocycles. The van der Waals surface area contributed by atoms with E-state index in [0.717, 1.165) is 0 Å². The highest BCUT2D eigenvalue weighted by Gasteiger charge is 2.26. The SMILES string of the molecule is CC(O)C(C)(C)NC(=O)CCC(C)(C)N. The van der Waals surface area contributed by atoms with Crippen molar-refractivity contribution < 1.29 is 9.90 Å². The number of carbonyl (C=O) groups excluding carboxylic acids is 1. The Hall–Kier alpha value is -0.610. The van der Waals surface area contributed by atoms with E-state index >= 15 is 0 Å². The molecular formula is C11H24N2O2. The fraction of sp³-hybridized carbons (Fsp3) is 0.909. The molecule has 90 valence electrons. The Morgan fingerprint density at radius 1 is 1.40 bits per heavy atom. The molecule has 4 heteroatoms. The molecule has 0 spiro atoms. The summed E-state index contributed by atoms with van der Waals surface area (Å²) >= 11 is 0. The molecule has 0 heterocycles. The molecule has 0 radical (unpaired) electrons. The predicted octanol–water partition coefficient (Wildman–Crippen LogP) is 0.779. The summed E-state index contributed by atoms with van der Waals surface area (Å²) in [5, 5.41) is 12.2. The van der Waals surface area contributed by atoms with Gasteiger partial charge in [-0.25, -0.2) is 0 Å². The summed E-state index contributed by atoms with van der Waals surface area (Å²) in [6, 6.07) is 0. The molecular weight excluding hydrogens is 192 g/mol. The summed E-state index contributed by atoms with van der Waals surface area (Å²) < 4.78 is 0. The minimum atomic E-state index is -0.587. The Balaban J connectivity index is 4.05. The highest BCUT2D eigenvalue weighted by atomic mass is 16.3. The van der Waals surface area contributed by atoms with Crippen LogP contribution in [0.15, 0.2) is 0 Å². The fourth-order valence-electron chi connectivity index (χ4n) is 0.962. The third-order valence-electron chi connectivity index (χ3n) is 2.50. The van der Waals surface area contributed by atoms with Gasteiger partial charge in [0, 0.05) is 12.0 Å². The average Bonchev–Trinajstić information content (AvgIpc) is 1.98. The Bertz CT molecular complexity index is 217. The van der Waals surface area contributed by atoms with Gasteiger partial charge in [0.25, 0.3) is 0 Å². The van der Waals surface area contributed by atoms with Crippen molar-refractivity contribution in [1.29, 1.82) is 0 Å². The largest absolute Gasteiger partial charge is 0.391 e. The topological polar surface area (TPSA) is 75.3 Å². The van der Waals surface area contributed by atoms with Crippen molar-refractivity contribution in [3.05, 3.63) is 0 Å². The lowest BCUT2D eigenvalue weighted by atomic mass is 9.96. The molecule has 0 saturated heterocycles. The zero-order valence-corrected chi connectivity index (χ0v) is 10.4. The summed E-state index contributed by atoms with van der Waals surface area (Å²) in [5.74, 6) is -0.0700. The van der Waals surface area contributed by atoms with Crippen LogP contribution in [0, 0.1) is 0 Å². The Kier molecular flexibility index (Phi) is 4.74. The minimum absolute atomic E-state index is 0.0700. The molecule has 0 aliphatic rings. The number of hydrogen-bond donors (Lipinski definition) is 3. The van der Waals surface area contributed by atoms with Crippen molar-refractivity contribution in [2.45, 2.75) is 64.6 Å². The molecule has 15 heavy (non-hydrogen) atoms. The second-order valence-electron chi connectivity index (χ2n) is 5.43. The van der Waals surface area contributed by atoms with Crippen LogP contribution in [0.4, 0.5) is 0 Å². The van der Waals surface area contributed by atoms with Gasteiger partial charge in [-0.15, -0.1) is 0 Å². The van der Waals surface area contributed by atoms with E-state index in [9.17, 15) is 9.90 Å². The molecule has 0 aliphatic carbocycles. The zero-order chi connectivity index (χ0) is 12.3. The van der Waals surface area contributed by atoms with Gasteiger partial charge < -0.3 is 16.2 Å². The van der Waals surface area contributed by atoms with Crippen molar-refractivity contribution in [3.8, 4) is 0 Å². The van der Waals surface area contributed by atoms with E-state index in [-0.39, 0.29) is 11.4 Å². The van der Waals surface area contributed by atoms with E-state index in [0.29, 0.717) is 12.8 Å². The first-order valence-corrected chi connectivity index (χ1v) is 5.32. The Morgan fingerprint density at radius 3 is 2.20 bits per heavy atom. The first kappa shape index (κ1) is 14.4. The molecule has 1 atom stereocenters. The lowest BCUT2D eigenvalue weighted by Gasteiger charge is -2.30. The molecule has 0 aliphatic heterocycles. The number of nitrogens with two attached hydrogens (primary N) is 1. The molecule has 0 aromatic carbocycles. The monoisotopic (exact) mass is 216 g/mol. The van der Waals surface area contributed by atoms with Gasteiger partial charge in [0.1, 0.15) is 0 Å². The predicted molar refractivity (Wildman–Crippen MR) is 61.4 cm³/mol. The molecule has 0 fully saturated rings. The Morgan fingerprint density at radius 2 is 1.87 bits per heavy atom. The van der Waals surface area contributed by atoms with Gasteiger partial charge in [0.2, 0.25) is 5.91 Å². The van der Waals surface area contributed by atoms with E-state index in [1.807, 2.05) is 13.8 Å². The molecule has 1 unspecified atom stereocenters. The summed E-state index contributed by atoms with van der Waals surface area (Å²) in [4.78, 5) is 11.5. The molecule has 4 nitrogen and oxygen atoms in total. The fourth-order valence-corrected chi connectivity index (χ4v) is 0.962. The maximum atomic E-state index is 11.5. The molecule has 0 bridgehead atoms. The van der Waals surface area contributed by atoms with Crippen LogP contribution >= 0.6 is 0 Å².